The van der Waals surface area contributed by atoms with E-state index in [2.05, 4.69) is 0 Å². The van der Waals surface area contributed by atoms with Gasteiger partial charge in [0.1, 0.15) is 4.90 Å². The van der Waals surface area contributed by atoms with Crippen LogP contribution in [0.25, 0.3) is 0 Å². The fraction of sp³-hybridized carbons (Fsp3) is 0.333. The van der Waals surface area contributed by atoms with E-state index >= 15 is 0 Å². The topological polar surface area (TPSA) is 80.4 Å². The number of hydrogen-bond acceptors (Lipinski definition) is 4. The molecule has 1 aromatic carbocycles. The first-order chi connectivity index (χ1) is 6.78. The van der Waals surface area contributed by atoms with Crippen molar-refractivity contribution in [2.45, 2.75) is 24.0 Å². The Morgan fingerprint density at radius 3 is 2.40 bits per heavy atom. The van der Waals surface area contributed by atoms with Gasteiger partial charge in [-0.1, -0.05) is 11.6 Å². The van der Waals surface area contributed by atoms with Crippen molar-refractivity contribution in [1.82, 2.24) is 0 Å². The normalized spacial score (nSPS) is 12.0. The lowest BCUT2D eigenvalue weighted by molar-refractivity contribution is 0.461. The Balaban J connectivity index is 3.58. The van der Waals surface area contributed by atoms with E-state index in [9.17, 15) is 13.5 Å². The molecule has 0 saturated carbocycles. The smallest absolute Gasteiger partial charge is 0.185 e. The van der Waals surface area contributed by atoms with Crippen LogP contribution in [-0.4, -0.2) is 18.8 Å². The van der Waals surface area contributed by atoms with Crippen LogP contribution in [0.4, 0.5) is 5.69 Å². The van der Waals surface area contributed by atoms with Gasteiger partial charge in [-0.2, -0.15) is 0 Å². The van der Waals surface area contributed by atoms with Gasteiger partial charge < -0.3 is 10.8 Å². The lowest BCUT2D eigenvalue weighted by Crippen LogP contribution is -2.15. The van der Waals surface area contributed by atoms with Crippen molar-refractivity contribution >= 4 is 27.1 Å². The first-order valence-corrected chi connectivity index (χ1v) is 6.21. The van der Waals surface area contributed by atoms with Gasteiger partial charge in [0.2, 0.25) is 0 Å². The minimum absolute atomic E-state index is 0.00127. The van der Waals surface area contributed by atoms with Gasteiger partial charge in [-0.3, -0.25) is 0 Å². The van der Waals surface area contributed by atoms with Gasteiger partial charge in [0.25, 0.3) is 0 Å². The summed E-state index contributed by atoms with van der Waals surface area (Å²) in [4.78, 5) is -0.292. The number of nitrogen functional groups attached to an aromatic ring is 1. The number of rotatable bonds is 2. The molecule has 6 heteroatoms. The van der Waals surface area contributed by atoms with E-state index in [0.29, 0.717) is 0 Å². The monoisotopic (exact) mass is 249 g/mol. The SMILES string of the molecule is CC(C)S(=O)(=O)c1c(Cl)ccc(N)c1O. The van der Waals surface area contributed by atoms with E-state index < -0.39 is 20.8 Å². The molecule has 84 valence electrons. The summed E-state index contributed by atoms with van der Waals surface area (Å²) in [5.74, 6) is -0.476. The van der Waals surface area contributed by atoms with Gasteiger partial charge in [0.05, 0.1) is 16.0 Å². The summed E-state index contributed by atoms with van der Waals surface area (Å²) in [7, 11) is -3.62. The van der Waals surface area contributed by atoms with Gasteiger partial charge in [0.15, 0.2) is 15.6 Å². The van der Waals surface area contributed by atoms with Crippen LogP contribution in [0.5, 0.6) is 5.75 Å². The maximum absolute atomic E-state index is 11.8. The first-order valence-electron chi connectivity index (χ1n) is 4.29. The molecule has 0 saturated heterocycles. The zero-order valence-electron chi connectivity index (χ0n) is 8.36. The number of nitrogens with two attached hydrogens (primary N) is 1. The first kappa shape index (κ1) is 12.1. The van der Waals surface area contributed by atoms with Crippen molar-refractivity contribution in [3.8, 4) is 5.75 Å². The molecule has 0 aliphatic heterocycles. The summed E-state index contributed by atoms with van der Waals surface area (Å²) < 4.78 is 23.7. The molecule has 0 amide bonds. The number of anilines is 1. The van der Waals surface area contributed by atoms with Crippen LogP contribution < -0.4 is 5.73 Å². The molecule has 1 rings (SSSR count). The summed E-state index contributed by atoms with van der Waals surface area (Å²) in [6.45, 7) is 3.02. The number of benzene rings is 1. The lowest BCUT2D eigenvalue weighted by Gasteiger charge is -2.12. The molecule has 0 heterocycles. The minimum Gasteiger partial charge on any atom is -0.504 e. The molecule has 0 atom stereocenters. The van der Waals surface area contributed by atoms with Gasteiger partial charge in [-0.15, -0.1) is 0 Å². The summed E-state index contributed by atoms with van der Waals surface area (Å²) in [6, 6.07) is 2.71. The number of halogens is 1. The fourth-order valence-electron chi connectivity index (χ4n) is 1.07. The fourth-order valence-corrected chi connectivity index (χ4v) is 2.74. The minimum atomic E-state index is -3.62. The van der Waals surface area contributed by atoms with Crippen molar-refractivity contribution in [1.29, 1.82) is 0 Å². The number of sulfone groups is 1. The Morgan fingerprint density at radius 2 is 1.93 bits per heavy atom. The van der Waals surface area contributed by atoms with E-state index in [1.165, 1.54) is 26.0 Å². The number of phenolic OH excluding ortho intramolecular Hbond substituents is 1. The second-order valence-electron chi connectivity index (χ2n) is 3.41. The van der Waals surface area contributed by atoms with E-state index in [4.69, 9.17) is 17.3 Å². The third kappa shape index (κ3) is 2.03. The second kappa shape index (κ2) is 3.90. The van der Waals surface area contributed by atoms with Crippen molar-refractivity contribution < 1.29 is 13.5 Å². The van der Waals surface area contributed by atoms with Crippen LogP contribution in [0, 0.1) is 0 Å². The highest BCUT2D eigenvalue weighted by atomic mass is 35.5. The van der Waals surface area contributed by atoms with E-state index in [1.807, 2.05) is 0 Å². The maximum Gasteiger partial charge on any atom is 0.185 e. The van der Waals surface area contributed by atoms with Crippen molar-refractivity contribution in [2.75, 3.05) is 5.73 Å². The van der Waals surface area contributed by atoms with Crippen LogP contribution in [0.15, 0.2) is 17.0 Å². The quantitative estimate of drug-likeness (QED) is 0.619. The molecule has 0 fully saturated rings. The zero-order chi connectivity index (χ0) is 11.8. The Labute approximate surface area is 93.6 Å². The van der Waals surface area contributed by atoms with Gasteiger partial charge in [0, 0.05) is 0 Å². The van der Waals surface area contributed by atoms with E-state index in [1.54, 1.807) is 0 Å². The standard InChI is InChI=1S/C9H12ClNO3S/c1-5(2)15(13,14)9-6(10)3-4-7(11)8(9)12/h3-5,12H,11H2,1-2H3. The largest absolute Gasteiger partial charge is 0.504 e. The summed E-state index contributed by atoms with van der Waals surface area (Å²) >= 11 is 5.74. The Hall–Kier alpha value is -0.940. The van der Waals surface area contributed by atoms with Crippen LogP contribution >= 0.6 is 11.6 Å². The highest BCUT2D eigenvalue weighted by Crippen LogP contribution is 2.36. The van der Waals surface area contributed by atoms with E-state index in [0.717, 1.165) is 0 Å². The van der Waals surface area contributed by atoms with E-state index in [-0.39, 0.29) is 15.6 Å². The summed E-state index contributed by atoms with van der Waals surface area (Å²) in [5, 5.41) is 8.89. The van der Waals surface area contributed by atoms with Gasteiger partial charge in [-0.05, 0) is 26.0 Å². The molecule has 15 heavy (non-hydrogen) atoms. The van der Waals surface area contributed by atoms with Gasteiger partial charge >= 0.3 is 0 Å². The lowest BCUT2D eigenvalue weighted by atomic mass is 10.3. The Bertz CT molecular complexity index is 482. The highest BCUT2D eigenvalue weighted by Gasteiger charge is 2.27. The average molecular weight is 250 g/mol. The molecule has 0 aliphatic rings. The Kier molecular flexibility index (Phi) is 3.16. The molecule has 0 radical (unpaired) electrons. The number of phenols is 1. The van der Waals surface area contributed by atoms with Gasteiger partial charge in [-0.25, -0.2) is 8.42 Å². The number of aromatic hydroxyl groups is 1. The summed E-state index contributed by atoms with van der Waals surface area (Å²) in [6.07, 6.45) is 0. The second-order valence-corrected chi connectivity index (χ2v) is 6.26. The number of hydrogen-bond donors (Lipinski definition) is 2. The summed E-state index contributed by atoms with van der Waals surface area (Å²) in [5.41, 5.74) is 5.41. The maximum atomic E-state index is 11.8. The molecular weight excluding hydrogens is 238 g/mol. The molecular formula is C9H12ClNO3S. The zero-order valence-corrected chi connectivity index (χ0v) is 9.93. The van der Waals surface area contributed by atoms with Crippen LogP contribution in [-0.2, 0) is 9.84 Å². The predicted octanol–water partition coefficient (Wildman–Crippen LogP) is 1.81. The molecule has 0 aromatic heterocycles. The van der Waals surface area contributed by atoms with Crippen molar-refractivity contribution in [3.63, 3.8) is 0 Å². The van der Waals surface area contributed by atoms with Crippen LogP contribution in [0.2, 0.25) is 5.02 Å². The van der Waals surface area contributed by atoms with Crippen molar-refractivity contribution in [3.05, 3.63) is 17.2 Å². The molecule has 0 unspecified atom stereocenters. The molecule has 0 aliphatic carbocycles. The third-order valence-electron chi connectivity index (χ3n) is 2.02. The third-order valence-corrected chi connectivity index (χ3v) is 4.67. The molecule has 4 nitrogen and oxygen atoms in total. The average Bonchev–Trinajstić information content (AvgIpc) is 2.11. The predicted molar refractivity (Wildman–Crippen MR) is 59.9 cm³/mol. The Morgan fingerprint density at radius 1 is 1.40 bits per heavy atom. The molecule has 1 aromatic rings. The van der Waals surface area contributed by atoms with Crippen LogP contribution in [0.1, 0.15) is 13.8 Å². The highest BCUT2D eigenvalue weighted by molar-refractivity contribution is 7.92. The van der Waals surface area contributed by atoms with Crippen molar-refractivity contribution in [2.24, 2.45) is 0 Å². The van der Waals surface area contributed by atoms with Crippen LogP contribution in [0.3, 0.4) is 0 Å². The molecule has 0 spiro atoms. The molecule has 3 N–H and O–H groups in total. The molecule has 0 bridgehead atoms.